The van der Waals surface area contributed by atoms with Crippen molar-refractivity contribution in [3.05, 3.63) is 35.4 Å². The van der Waals surface area contributed by atoms with Gasteiger partial charge in [0.2, 0.25) is 0 Å². The summed E-state index contributed by atoms with van der Waals surface area (Å²) in [5, 5.41) is 12.1. The van der Waals surface area contributed by atoms with Crippen LogP contribution in [0.5, 0.6) is 5.75 Å². The van der Waals surface area contributed by atoms with Gasteiger partial charge in [-0.25, -0.2) is 4.79 Å². The van der Waals surface area contributed by atoms with E-state index in [1.807, 2.05) is 6.08 Å². The zero-order valence-electron chi connectivity index (χ0n) is 13.1. The molecule has 4 N–H and O–H groups in total. The van der Waals surface area contributed by atoms with E-state index in [2.05, 4.69) is 5.32 Å². The molecule has 0 heterocycles. The van der Waals surface area contributed by atoms with E-state index in [-0.39, 0.29) is 11.3 Å². The minimum Gasteiger partial charge on any atom is -0.507 e. The van der Waals surface area contributed by atoms with Gasteiger partial charge in [0.1, 0.15) is 11.4 Å². The van der Waals surface area contributed by atoms with Crippen LogP contribution >= 0.6 is 0 Å². The van der Waals surface area contributed by atoms with Crippen LogP contribution in [0.25, 0.3) is 6.08 Å². The van der Waals surface area contributed by atoms with Crippen molar-refractivity contribution in [2.24, 2.45) is 5.73 Å². The molecule has 0 radical (unpaired) electrons. The summed E-state index contributed by atoms with van der Waals surface area (Å²) in [6, 6.07) is 4.59. The number of rotatable bonds is 5. The van der Waals surface area contributed by atoms with E-state index in [9.17, 15) is 14.7 Å². The molecule has 120 valence electrons. The zero-order valence-corrected chi connectivity index (χ0v) is 13.1. The molecule has 0 spiro atoms. The van der Waals surface area contributed by atoms with Crippen molar-refractivity contribution in [3.63, 3.8) is 0 Å². The SMILES string of the molecule is CC(C)(C)OC(=O)NCCC=Cc1ccc(O)c(C(N)=O)c1. The predicted molar refractivity (Wildman–Crippen MR) is 84.5 cm³/mol. The minimum absolute atomic E-state index is 0.0778. The monoisotopic (exact) mass is 306 g/mol. The van der Waals surface area contributed by atoms with E-state index in [4.69, 9.17) is 10.5 Å². The van der Waals surface area contributed by atoms with Gasteiger partial charge >= 0.3 is 6.09 Å². The molecule has 1 aromatic rings. The number of hydrogen-bond acceptors (Lipinski definition) is 4. The Kier molecular flexibility index (Phi) is 5.98. The number of nitrogens with one attached hydrogen (secondary N) is 1. The normalized spacial score (nSPS) is 11.4. The molecule has 6 heteroatoms. The van der Waals surface area contributed by atoms with Gasteiger partial charge in [-0.05, 0) is 44.9 Å². The minimum atomic E-state index is -0.681. The standard InChI is InChI=1S/C16H22N2O4/c1-16(2,3)22-15(21)18-9-5-4-6-11-7-8-13(19)12(10-11)14(17)20/h4,6-8,10,19H,5,9H2,1-3H3,(H2,17,20)(H,18,21). The Balaban J connectivity index is 2.45. The number of aromatic hydroxyl groups is 1. The van der Waals surface area contributed by atoms with Gasteiger partial charge in [-0.3, -0.25) is 4.79 Å². The lowest BCUT2D eigenvalue weighted by atomic mass is 10.1. The maximum atomic E-state index is 11.4. The maximum absolute atomic E-state index is 11.4. The first-order valence-electron chi connectivity index (χ1n) is 6.95. The molecule has 0 atom stereocenters. The van der Waals surface area contributed by atoms with Crippen molar-refractivity contribution in [2.75, 3.05) is 6.54 Å². The highest BCUT2D eigenvalue weighted by atomic mass is 16.6. The van der Waals surface area contributed by atoms with Crippen molar-refractivity contribution in [2.45, 2.75) is 32.8 Å². The van der Waals surface area contributed by atoms with E-state index in [0.29, 0.717) is 13.0 Å². The van der Waals surface area contributed by atoms with Crippen LogP contribution < -0.4 is 11.1 Å². The predicted octanol–water partition coefficient (Wildman–Crippen LogP) is 2.42. The highest BCUT2D eigenvalue weighted by molar-refractivity contribution is 5.96. The second kappa shape index (κ2) is 7.49. The molecule has 1 aromatic carbocycles. The van der Waals surface area contributed by atoms with Gasteiger partial charge in [0.05, 0.1) is 5.56 Å². The van der Waals surface area contributed by atoms with Gasteiger partial charge in [0.25, 0.3) is 5.91 Å². The third-order valence-corrected chi connectivity index (χ3v) is 2.58. The Morgan fingerprint density at radius 1 is 1.36 bits per heavy atom. The summed E-state index contributed by atoms with van der Waals surface area (Å²) in [7, 11) is 0. The van der Waals surface area contributed by atoms with Crippen molar-refractivity contribution in [1.29, 1.82) is 0 Å². The van der Waals surface area contributed by atoms with Crippen LogP contribution in [0, 0.1) is 0 Å². The molecule has 1 rings (SSSR count). The zero-order chi connectivity index (χ0) is 16.8. The third kappa shape index (κ3) is 6.30. The topological polar surface area (TPSA) is 102 Å². The molecule has 22 heavy (non-hydrogen) atoms. The third-order valence-electron chi connectivity index (χ3n) is 2.58. The first-order chi connectivity index (χ1) is 10.2. The molecule has 0 aliphatic heterocycles. The summed E-state index contributed by atoms with van der Waals surface area (Å²) in [5.41, 5.74) is 5.46. The number of carbonyl (C=O) groups excluding carboxylic acids is 2. The number of phenols is 1. The fourth-order valence-electron chi connectivity index (χ4n) is 1.65. The van der Waals surface area contributed by atoms with Gasteiger partial charge in [-0.2, -0.15) is 0 Å². The van der Waals surface area contributed by atoms with Crippen LogP contribution in [0.1, 0.15) is 43.1 Å². The lowest BCUT2D eigenvalue weighted by Crippen LogP contribution is -2.32. The highest BCUT2D eigenvalue weighted by Crippen LogP contribution is 2.18. The molecule has 0 unspecified atom stereocenters. The summed E-state index contributed by atoms with van der Waals surface area (Å²) in [5.74, 6) is -0.824. The number of hydrogen-bond donors (Lipinski definition) is 3. The summed E-state index contributed by atoms with van der Waals surface area (Å²) in [6.07, 6.45) is 3.77. The van der Waals surface area contributed by atoms with Crippen molar-refractivity contribution in [3.8, 4) is 5.75 Å². The summed E-state index contributed by atoms with van der Waals surface area (Å²) >= 11 is 0. The highest BCUT2D eigenvalue weighted by Gasteiger charge is 2.15. The van der Waals surface area contributed by atoms with E-state index in [1.165, 1.54) is 12.1 Å². The molecule has 0 fully saturated rings. The Bertz CT molecular complexity index is 574. The average molecular weight is 306 g/mol. The van der Waals surface area contributed by atoms with Crippen LogP contribution in [0.15, 0.2) is 24.3 Å². The Morgan fingerprint density at radius 2 is 2.05 bits per heavy atom. The number of alkyl carbamates (subject to hydrolysis) is 1. The molecule has 0 bridgehead atoms. The average Bonchev–Trinajstić information content (AvgIpc) is 2.37. The van der Waals surface area contributed by atoms with Crippen LogP contribution in [0.3, 0.4) is 0 Å². The molecule has 2 amide bonds. The Hall–Kier alpha value is -2.50. The Labute approximate surface area is 130 Å². The van der Waals surface area contributed by atoms with Crippen molar-refractivity contribution < 1.29 is 19.4 Å². The molecule has 0 saturated carbocycles. The molecular formula is C16H22N2O4. The molecule has 0 aliphatic carbocycles. The Morgan fingerprint density at radius 3 is 2.64 bits per heavy atom. The number of benzene rings is 1. The second-order valence-electron chi connectivity index (χ2n) is 5.76. The maximum Gasteiger partial charge on any atom is 0.407 e. The van der Waals surface area contributed by atoms with Gasteiger partial charge in [0.15, 0.2) is 0 Å². The van der Waals surface area contributed by atoms with E-state index in [1.54, 1.807) is 32.9 Å². The summed E-state index contributed by atoms with van der Waals surface area (Å²) < 4.78 is 5.10. The molecule has 0 aromatic heterocycles. The smallest absolute Gasteiger partial charge is 0.407 e. The molecule has 0 saturated heterocycles. The lowest BCUT2D eigenvalue weighted by molar-refractivity contribution is 0.0528. The molecular weight excluding hydrogens is 284 g/mol. The summed E-state index contributed by atoms with van der Waals surface area (Å²) in [6.45, 7) is 5.83. The quantitative estimate of drug-likeness (QED) is 0.727. The number of amides is 2. The van der Waals surface area contributed by atoms with Crippen LogP contribution in [-0.2, 0) is 4.74 Å². The first kappa shape index (κ1) is 17.6. The largest absolute Gasteiger partial charge is 0.507 e. The van der Waals surface area contributed by atoms with Gasteiger partial charge < -0.3 is 20.9 Å². The van der Waals surface area contributed by atoms with E-state index >= 15 is 0 Å². The molecule has 0 aliphatic rings. The number of primary amides is 1. The fraction of sp³-hybridized carbons (Fsp3) is 0.375. The van der Waals surface area contributed by atoms with E-state index < -0.39 is 17.6 Å². The van der Waals surface area contributed by atoms with Crippen LogP contribution in [0.2, 0.25) is 0 Å². The van der Waals surface area contributed by atoms with Gasteiger partial charge in [-0.1, -0.05) is 18.2 Å². The van der Waals surface area contributed by atoms with Gasteiger partial charge in [0, 0.05) is 6.54 Å². The number of carbonyl (C=O) groups is 2. The lowest BCUT2D eigenvalue weighted by Gasteiger charge is -2.19. The van der Waals surface area contributed by atoms with Crippen molar-refractivity contribution in [1.82, 2.24) is 5.32 Å². The number of nitrogens with two attached hydrogens (primary N) is 1. The van der Waals surface area contributed by atoms with E-state index in [0.717, 1.165) is 5.56 Å². The van der Waals surface area contributed by atoms with Crippen LogP contribution in [-0.4, -0.2) is 29.3 Å². The summed E-state index contributed by atoms with van der Waals surface area (Å²) in [4.78, 5) is 22.5. The number of ether oxygens (including phenoxy) is 1. The first-order valence-corrected chi connectivity index (χ1v) is 6.95. The second-order valence-corrected chi connectivity index (χ2v) is 5.76. The fourth-order valence-corrected chi connectivity index (χ4v) is 1.65. The van der Waals surface area contributed by atoms with Crippen LogP contribution in [0.4, 0.5) is 4.79 Å². The molecule has 6 nitrogen and oxygen atoms in total. The van der Waals surface area contributed by atoms with Gasteiger partial charge in [-0.15, -0.1) is 0 Å². The van der Waals surface area contributed by atoms with Crippen molar-refractivity contribution >= 4 is 18.1 Å².